The highest BCUT2D eigenvalue weighted by Gasteiger charge is 2.36. The Balaban J connectivity index is 2.54. The first kappa shape index (κ1) is 16.0. The number of hydrogen-bond donors (Lipinski definition) is 2. The minimum Gasteiger partial charge on any atom is -0.481 e. The topological polar surface area (TPSA) is 75.6 Å². The van der Waals surface area contributed by atoms with Gasteiger partial charge in [0.15, 0.2) is 0 Å². The summed E-state index contributed by atoms with van der Waals surface area (Å²) in [5, 5.41) is 12.1. The van der Waals surface area contributed by atoms with Crippen molar-refractivity contribution in [3.8, 4) is 0 Å². The van der Waals surface area contributed by atoms with Crippen molar-refractivity contribution in [2.45, 2.75) is 52.6 Å². The van der Waals surface area contributed by atoms with Crippen molar-refractivity contribution in [2.24, 2.45) is 11.3 Å². The summed E-state index contributed by atoms with van der Waals surface area (Å²) in [5.74, 6) is -0.926. The SMILES string of the molecule is CCC(CC)(CNC(=O)C1CCOC(C)C1)C(=O)O. The number of rotatable bonds is 6. The second-order valence-corrected chi connectivity index (χ2v) is 5.41. The van der Waals surface area contributed by atoms with Crippen LogP contribution in [-0.2, 0) is 14.3 Å². The zero-order valence-electron chi connectivity index (χ0n) is 12.1. The molecule has 0 spiro atoms. The van der Waals surface area contributed by atoms with E-state index in [2.05, 4.69) is 5.32 Å². The summed E-state index contributed by atoms with van der Waals surface area (Å²) >= 11 is 0. The average molecular weight is 271 g/mol. The Hall–Kier alpha value is -1.10. The number of hydrogen-bond acceptors (Lipinski definition) is 3. The van der Waals surface area contributed by atoms with Crippen molar-refractivity contribution in [3.05, 3.63) is 0 Å². The van der Waals surface area contributed by atoms with Crippen molar-refractivity contribution in [1.29, 1.82) is 0 Å². The molecule has 0 aromatic rings. The molecular weight excluding hydrogens is 246 g/mol. The summed E-state index contributed by atoms with van der Waals surface area (Å²) in [6.45, 7) is 6.46. The number of nitrogens with one attached hydrogen (secondary N) is 1. The molecule has 19 heavy (non-hydrogen) atoms. The third-order valence-electron chi connectivity index (χ3n) is 4.26. The lowest BCUT2D eigenvalue weighted by atomic mass is 9.82. The molecule has 0 aromatic heterocycles. The first-order chi connectivity index (χ1) is 8.95. The monoisotopic (exact) mass is 271 g/mol. The van der Waals surface area contributed by atoms with Crippen molar-refractivity contribution in [1.82, 2.24) is 5.32 Å². The Labute approximate surface area is 114 Å². The van der Waals surface area contributed by atoms with Gasteiger partial charge in [0.25, 0.3) is 0 Å². The van der Waals surface area contributed by atoms with Gasteiger partial charge in [-0.2, -0.15) is 0 Å². The maximum atomic E-state index is 12.1. The highest BCUT2D eigenvalue weighted by Crippen LogP contribution is 2.26. The zero-order chi connectivity index (χ0) is 14.5. The maximum Gasteiger partial charge on any atom is 0.311 e. The molecule has 0 bridgehead atoms. The average Bonchev–Trinajstić information content (AvgIpc) is 2.40. The van der Waals surface area contributed by atoms with E-state index in [4.69, 9.17) is 4.74 Å². The van der Waals surface area contributed by atoms with E-state index in [1.807, 2.05) is 20.8 Å². The molecule has 1 aliphatic rings. The minimum atomic E-state index is -0.841. The largest absolute Gasteiger partial charge is 0.481 e. The number of carboxylic acids is 1. The lowest BCUT2D eigenvalue weighted by Gasteiger charge is -2.30. The molecule has 1 amide bonds. The lowest BCUT2D eigenvalue weighted by Crippen LogP contribution is -2.45. The highest BCUT2D eigenvalue weighted by molar-refractivity contribution is 5.80. The number of amides is 1. The van der Waals surface area contributed by atoms with Gasteiger partial charge in [0.05, 0.1) is 11.5 Å². The van der Waals surface area contributed by atoms with Crippen LogP contribution in [0.2, 0.25) is 0 Å². The summed E-state index contributed by atoms with van der Waals surface area (Å²) in [6.07, 6.45) is 2.57. The van der Waals surface area contributed by atoms with Gasteiger partial charge in [0.2, 0.25) is 5.91 Å². The molecule has 2 unspecified atom stereocenters. The number of aliphatic carboxylic acids is 1. The molecule has 1 rings (SSSR count). The van der Waals surface area contributed by atoms with E-state index in [1.54, 1.807) is 0 Å². The first-order valence-corrected chi connectivity index (χ1v) is 7.08. The minimum absolute atomic E-state index is 0.0392. The van der Waals surface area contributed by atoms with Crippen LogP contribution in [0.15, 0.2) is 0 Å². The molecule has 1 aliphatic heterocycles. The molecule has 1 heterocycles. The van der Waals surface area contributed by atoms with Crippen LogP contribution in [0.1, 0.15) is 46.5 Å². The molecule has 1 saturated heterocycles. The summed E-state index contributed by atoms with van der Waals surface area (Å²) in [6, 6.07) is 0. The second kappa shape index (κ2) is 6.89. The molecule has 5 nitrogen and oxygen atoms in total. The maximum absolute atomic E-state index is 12.1. The zero-order valence-corrected chi connectivity index (χ0v) is 12.1. The molecule has 0 aromatic carbocycles. The lowest BCUT2D eigenvalue weighted by molar-refractivity contribution is -0.149. The van der Waals surface area contributed by atoms with E-state index in [-0.39, 0.29) is 24.5 Å². The predicted octanol–water partition coefficient (Wildman–Crippen LogP) is 1.81. The molecule has 1 fully saturated rings. The van der Waals surface area contributed by atoms with Gasteiger partial charge in [-0.25, -0.2) is 0 Å². The first-order valence-electron chi connectivity index (χ1n) is 7.08. The Kier molecular flexibility index (Phi) is 5.79. The summed E-state index contributed by atoms with van der Waals surface area (Å²) in [5.41, 5.74) is -0.841. The molecule has 110 valence electrons. The van der Waals surface area contributed by atoms with Crippen molar-refractivity contribution in [3.63, 3.8) is 0 Å². The van der Waals surface area contributed by atoms with Gasteiger partial charge in [0.1, 0.15) is 0 Å². The fourth-order valence-electron chi connectivity index (χ4n) is 2.51. The summed E-state index contributed by atoms with van der Waals surface area (Å²) < 4.78 is 5.41. The Bertz CT molecular complexity index is 325. The van der Waals surface area contributed by atoms with Crippen molar-refractivity contribution >= 4 is 11.9 Å². The Morgan fingerprint density at radius 2 is 2.00 bits per heavy atom. The van der Waals surface area contributed by atoms with Crippen LogP contribution in [0, 0.1) is 11.3 Å². The molecule has 2 atom stereocenters. The molecule has 0 aliphatic carbocycles. The van der Waals surface area contributed by atoms with Crippen molar-refractivity contribution < 1.29 is 19.4 Å². The van der Waals surface area contributed by atoms with Gasteiger partial charge in [-0.15, -0.1) is 0 Å². The number of carboxylic acid groups (broad SMARTS) is 1. The molecular formula is C14H25NO4. The van der Waals surface area contributed by atoms with Gasteiger partial charge in [-0.05, 0) is 32.6 Å². The van der Waals surface area contributed by atoms with Gasteiger partial charge in [0, 0.05) is 19.1 Å². The fraction of sp³-hybridized carbons (Fsp3) is 0.857. The van der Waals surface area contributed by atoms with Crippen LogP contribution < -0.4 is 5.32 Å². The van der Waals surface area contributed by atoms with Crippen molar-refractivity contribution in [2.75, 3.05) is 13.2 Å². The number of carbonyl (C=O) groups excluding carboxylic acids is 1. The van der Waals surface area contributed by atoms with Crippen LogP contribution in [0.5, 0.6) is 0 Å². The standard InChI is InChI=1S/C14H25NO4/c1-4-14(5-2,13(17)18)9-15-12(16)11-6-7-19-10(3)8-11/h10-11H,4-9H2,1-3H3,(H,15,16)(H,17,18). The van der Waals surface area contributed by atoms with E-state index >= 15 is 0 Å². The third-order valence-corrected chi connectivity index (χ3v) is 4.26. The number of ether oxygens (including phenoxy) is 1. The van der Waals surface area contributed by atoms with Gasteiger partial charge in [-0.3, -0.25) is 9.59 Å². The van der Waals surface area contributed by atoms with Gasteiger partial charge < -0.3 is 15.2 Å². The summed E-state index contributed by atoms with van der Waals surface area (Å²) in [4.78, 5) is 23.4. The number of carbonyl (C=O) groups is 2. The van der Waals surface area contributed by atoms with E-state index in [9.17, 15) is 14.7 Å². The van der Waals surface area contributed by atoms with Gasteiger partial charge in [-0.1, -0.05) is 13.8 Å². The van der Waals surface area contributed by atoms with Crippen LogP contribution in [0.3, 0.4) is 0 Å². The van der Waals surface area contributed by atoms with Crippen LogP contribution in [0.25, 0.3) is 0 Å². The Morgan fingerprint density at radius 3 is 2.47 bits per heavy atom. The van der Waals surface area contributed by atoms with E-state index in [1.165, 1.54) is 0 Å². The molecule has 5 heteroatoms. The smallest absolute Gasteiger partial charge is 0.311 e. The second-order valence-electron chi connectivity index (χ2n) is 5.41. The third kappa shape index (κ3) is 3.93. The van der Waals surface area contributed by atoms with E-state index in [0.717, 1.165) is 0 Å². The van der Waals surface area contributed by atoms with E-state index < -0.39 is 11.4 Å². The Morgan fingerprint density at radius 1 is 1.37 bits per heavy atom. The normalized spacial score (nSPS) is 23.9. The van der Waals surface area contributed by atoms with E-state index in [0.29, 0.717) is 32.3 Å². The summed E-state index contributed by atoms with van der Waals surface area (Å²) in [7, 11) is 0. The van der Waals surface area contributed by atoms with Crippen LogP contribution in [-0.4, -0.2) is 36.2 Å². The molecule has 0 saturated carbocycles. The molecule has 0 radical (unpaired) electrons. The fourth-order valence-corrected chi connectivity index (χ4v) is 2.51. The highest BCUT2D eigenvalue weighted by atomic mass is 16.5. The van der Waals surface area contributed by atoms with Crippen LogP contribution in [0.4, 0.5) is 0 Å². The van der Waals surface area contributed by atoms with Gasteiger partial charge >= 0.3 is 5.97 Å². The quantitative estimate of drug-likeness (QED) is 0.772. The molecule has 2 N–H and O–H groups in total. The van der Waals surface area contributed by atoms with Crippen LogP contribution >= 0.6 is 0 Å². The predicted molar refractivity (Wildman–Crippen MR) is 71.8 cm³/mol.